The van der Waals surface area contributed by atoms with E-state index < -0.39 is 40.4 Å². The number of anilines is 1. The van der Waals surface area contributed by atoms with Gasteiger partial charge in [-0.15, -0.1) is 0 Å². The summed E-state index contributed by atoms with van der Waals surface area (Å²) in [6, 6.07) is 5.46. The van der Waals surface area contributed by atoms with Crippen LogP contribution in [-0.4, -0.2) is 60.1 Å². The van der Waals surface area contributed by atoms with Crippen molar-refractivity contribution in [1.29, 1.82) is 0 Å². The van der Waals surface area contributed by atoms with Crippen LogP contribution in [0.15, 0.2) is 30.3 Å². The fourth-order valence-corrected chi connectivity index (χ4v) is 3.41. The van der Waals surface area contributed by atoms with E-state index in [1.165, 1.54) is 43.5 Å². The third-order valence-electron chi connectivity index (χ3n) is 4.81. The summed E-state index contributed by atoms with van der Waals surface area (Å²) in [5, 5.41) is 30.6. The molecule has 0 saturated carbocycles. The molecule has 0 saturated heterocycles. The highest BCUT2D eigenvalue weighted by molar-refractivity contribution is 7.92. The SMILES string of the molecule is CC(C)c1nc(N(C)S(C)(=O)=O)nc(-c2ccc(F)cc2)c1/C=C/C(O)CC(O)CC(=O)[O-]. The highest BCUT2D eigenvalue weighted by Crippen LogP contribution is 2.31. The van der Waals surface area contributed by atoms with Crippen LogP contribution in [0.1, 0.15) is 43.9 Å². The number of hydrogen-bond acceptors (Lipinski definition) is 8. The molecule has 2 unspecified atom stereocenters. The molecule has 0 aliphatic rings. The van der Waals surface area contributed by atoms with Gasteiger partial charge in [0.25, 0.3) is 0 Å². The van der Waals surface area contributed by atoms with Crippen LogP contribution in [-0.2, 0) is 14.8 Å². The van der Waals surface area contributed by atoms with Gasteiger partial charge in [-0.1, -0.05) is 26.0 Å². The lowest BCUT2D eigenvalue weighted by molar-refractivity contribution is -0.307. The topological polar surface area (TPSA) is 144 Å². The fraction of sp³-hybridized carbons (Fsp3) is 0.409. The molecule has 0 fully saturated rings. The van der Waals surface area contributed by atoms with Crippen LogP contribution < -0.4 is 9.41 Å². The Labute approximate surface area is 192 Å². The summed E-state index contributed by atoms with van der Waals surface area (Å²) in [4.78, 5) is 19.4. The lowest BCUT2D eigenvalue weighted by Gasteiger charge is -2.20. The molecule has 2 atom stereocenters. The zero-order chi connectivity index (χ0) is 24.9. The first-order chi connectivity index (χ1) is 15.3. The van der Waals surface area contributed by atoms with Crippen molar-refractivity contribution in [3.63, 3.8) is 0 Å². The van der Waals surface area contributed by atoms with Gasteiger partial charge in [0, 0.05) is 37.0 Å². The van der Waals surface area contributed by atoms with E-state index in [1.54, 1.807) is 0 Å². The molecule has 0 radical (unpaired) electrons. The molecule has 9 nitrogen and oxygen atoms in total. The predicted octanol–water partition coefficient (Wildman–Crippen LogP) is 1.07. The molecule has 2 N–H and O–H groups in total. The third kappa shape index (κ3) is 7.31. The van der Waals surface area contributed by atoms with E-state index in [0.717, 1.165) is 10.6 Å². The molecule has 1 aromatic heterocycles. The van der Waals surface area contributed by atoms with E-state index in [-0.39, 0.29) is 18.3 Å². The highest BCUT2D eigenvalue weighted by atomic mass is 32.2. The van der Waals surface area contributed by atoms with Gasteiger partial charge in [0.1, 0.15) is 5.82 Å². The number of sulfonamides is 1. The van der Waals surface area contributed by atoms with Gasteiger partial charge >= 0.3 is 0 Å². The molecule has 2 rings (SSSR count). The van der Waals surface area contributed by atoms with Crippen LogP contribution in [0.25, 0.3) is 17.3 Å². The standard InChI is InChI=1S/C22H28FN3O6S/c1-13(2)20-18(10-9-16(27)11-17(28)12-19(29)30)21(14-5-7-15(23)8-6-14)25-22(24-20)26(3)33(4,31)32/h5-10,13,16-17,27-28H,11-12H2,1-4H3,(H,29,30)/p-1/b10-9+. The predicted molar refractivity (Wildman–Crippen MR) is 120 cm³/mol. The van der Waals surface area contributed by atoms with Crippen molar-refractivity contribution in [3.8, 4) is 11.3 Å². The molecule has 180 valence electrons. The summed E-state index contributed by atoms with van der Waals surface area (Å²) in [6.07, 6.45) is 0.578. The molecule has 0 spiro atoms. The lowest BCUT2D eigenvalue weighted by Crippen LogP contribution is -2.29. The Hall–Kier alpha value is -2.89. The van der Waals surface area contributed by atoms with E-state index in [0.29, 0.717) is 22.5 Å². The van der Waals surface area contributed by atoms with Crippen LogP contribution in [0.3, 0.4) is 0 Å². The number of hydrogen-bond donors (Lipinski definition) is 2. The number of halogens is 1. The van der Waals surface area contributed by atoms with Crippen LogP contribution in [0.5, 0.6) is 0 Å². The number of carboxylic acids is 1. The maximum Gasteiger partial charge on any atom is 0.239 e. The van der Waals surface area contributed by atoms with Crippen molar-refractivity contribution in [1.82, 2.24) is 9.97 Å². The molecule has 33 heavy (non-hydrogen) atoms. The number of nitrogens with zero attached hydrogens (tertiary/aromatic N) is 3. The van der Waals surface area contributed by atoms with E-state index in [4.69, 9.17) is 0 Å². The van der Waals surface area contributed by atoms with Crippen molar-refractivity contribution >= 4 is 28.0 Å². The molecule has 0 bridgehead atoms. The number of benzene rings is 1. The average Bonchev–Trinajstić information content (AvgIpc) is 2.70. The highest BCUT2D eigenvalue weighted by Gasteiger charge is 2.22. The van der Waals surface area contributed by atoms with Crippen LogP contribution in [0.4, 0.5) is 10.3 Å². The van der Waals surface area contributed by atoms with E-state index in [2.05, 4.69) is 9.97 Å². The summed E-state index contributed by atoms with van der Waals surface area (Å²) < 4.78 is 38.6. The van der Waals surface area contributed by atoms with Gasteiger partial charge in [0.2, 0.25) is 16.0 Å². The van der Waals surface area contributed by atoms with Gasteiger partial charge in [-0.3, -0.25) is 0 Å². The van der Waals surface area contributed by atoms with E-state index in [9.17, 15) is 32.9 Å². The van der Waals surface area contributed by atoms with Crippen molar-refractivity contribution in [2.75, 3.05) is 17.6 Å². The lowest BCUT2D eigenvalue weighted by atomic mass is 9.97. The van der Waals surface area contributed by atoms with E-state index >= 15 is 0 Å². The van der Waals surface area contributed by atoms with E-state index in [1.807, 2.05) is 13.8 Å². The monoisotopic (exact) mass is 480 g/mol. The number of carboxylic acid groups (broad SMARTS) is 1. The molecule has 0 amide bonds. The number of carbonyl (C=O) groups is 1. The van der Waals surface area contributed by atoms with Gasteiger partial charge < -0.3 is 20.1 Å². The van der Waals surface area contributed by atoms with Crippen molar-refractivity contribution in [2.24, 2.45) is 0 Å². The number of aliphatic hydroxyl groups excluding tert-OH is 2. The first-order valence-electron chi connectivity index (χ1n) is 10.2. The molecule has 1 heterocycles. The summed E-state index contributed by atoms with van der Waals surface area (Å²) in [7, 11) is -2.34. The third-order valence-corrected chi connectivity index (χ3v) is 5.97. The zero-order valence-corrected chi connectivity index (χ0v) is 19.6. The quantitative estimate of drug-likeness (QED) is 0.514. The average molecular weight is 481 g/mol. The number of aliphatic hydroxyl groups is 2. The minimum absolute atomic E-state index is 0.0670. The Bertz CT molecular complexity index is 1120. The number of aromatic nitrogens is 2. The van der Waals surface area contributed by atoms with Gasteiger partial charge in [-0.05, 0) is 30.2 Å². The number of rotatable bonds is 10. The maximum absolute atomic E-state index is 13.5. The Morgan fingerprint density at radius 3 is 2.33 bits per heavy atom. The smallest absolute Gasteiger partial charge is 0.239 e. The van der Waals surface area contributed by atoms with Crippen LogP contribution >= 0.6 is 0 Å². The normalized spacial score (nSPS) is 13.9. The summed E-state index contributed by atoms with van der Waals surface area (Å²) >= 11 is 0. The number of aliphatic carboxylic acids is 1. The summed E-state index contributed by atoms with van der Waals surface area (Å²) in [6.45, 7) is 3.69. The fourth-order valence-electron chi connectivity index (χ4n) is 3.04. The van der Waals surface area contributed by atoms with Crippen molar-refractivity contribution in [2.45, 2.75) is 44.8 Å². The largest absolute Gasteiger partial charge is 0.550 e. The summed E-state index contributed by atoms with van der Waals surface area (Å²) in [5.41, 5.74) is 1.76. The Morgan fingerprint density at radius 2 is 1.82 bits per heavy atom. The second kappa shape index (κ2) is 10.8. The van der Waals surface area contributed by atoms with Gasteiger partial charge in [0.15, 0.2) is 0 Å². The maximum atomic E-state index is 13.5. The Balaban J connectivity index is 2.61. The van der Waals surface area contributed by atoms with Crippen molar-refractivity contribution < 1.29 is 32.9 Å². The molecule has 2 aromatic rings. The summed E-state index contributed by atoms with van der Waals surface area (Å²) in [5.74, 6) is -2.14. The van der Waals surface area contributed by atoms with Crippen LogP contribution in [0.2, 0.25) is 0 Å². The molecule has 1 aromatic carbocycles. The van der Waals surface area contributed by atoms with Gasteiger partial charge in [0.05, 0.1) is 29.9 Å². The molecular formula is C22H27FN3O6S-. The Morgan fingerprint density at radius 1 is 1.21 bits per heavy atom. The second-order valence-corrected chi connectivity index (χ2v) is 9.97. The molecular weight excluding hydrogens is 453 g/mol. The minimum Gasteiger partial charge on any atom is -0.550 e. The molecule has 0 aliphatic carbocycles. The minimum atomic E-state index is -3.66. The Kier molecular flexibility index (Phi) is 8.64. The van der Waals surface area contributed by atoms with Crippen LogP contribution in [0, 0.1) is 5.82 Å². The van der Waals surface area contributed by atoms with Gasteiger partial charge in [-0.2, -0.15) is 0 Å². The van der Waals surface area contributed by atoms with Gasteiger partial charge in [-0.25, -0.2) is 27.1 Å². The first kappa shape index (κ1) is 26.4. The van der Waals surface area contributed by atoms with Crippen molar-refractivity contribution in [3.05, 3.63) is 47.4 Å². The first-order valence-corrected chi connectivity index (χ1v) is 12.0. The molecule has 11 heteroatoms. The molecule has 0 aliphatic heterocycles. The number of carbonyl (C=O) groups excluding carboxylic acids is 1. The second-order valence-electron chi connectivity index (χ2n) is 7.96. The zero-order valence-electron chi connectivity index (χ0n) is 18.8.